The van der Waals surface area contributed by atoms with Gasteiger partial charge in [0.1, 0.15) is 17.3 Å². The second-order valence-electron chi connectivity index (χ2n) is 7.17. The van der Waals surface area contributed by atoms with E-state index in [2.05, 4.69) is 0 Å². The van der Waals surface area contributed by atoms with Gasteiger partial charge < -0.3 is 9.64 Å². The number of rotatable bonds is 6. The molecule has 0 N–H and O–H groups in total. The molecule has 0 spiro atoms. The fourth-order valence-corrected chi connectivity index (χ4v) is 3.59. The number of ether oxygens (including phenoxy) is 1. The monoisotopic (exact) mass is 416 g/mol. The lowest BCUT2D eigenvalue weighted by Crippen LogP contribution is -2.33. The molecule has 4 rings (SSSR count). The minimum absolute atomic E-state index is 0.123. The number of hydrogen-bond acceptors (Lipinski definition) is 4. The predicted octanol–water partition coefficient (Wildman–Crippen LogP) is 4.25. The molecular formula is C25H21FN2O3. The number of carbonyl (C=O) groups excluding carboxylic acids is 2. The molecule has 0 atom stereocenters. The molecule has 0 aliphatic carbocycles. The highest BCUT2D eigenvalue weighted by Crippen LogP contribution is 2.34. The van der Waals surface area contributed by atoms with Gasteiger partial charge in [-0.15, -0.1) is 0 Å². The van der Waals surface area contributed by atoms with Gasteiger partial charge in [0.15, 0.2) is 0 Å². The summed E-state index contributed by atoms with van der Waals surface area (Å²) in [7, 11) is 3.32. The van der Waals surface area contributed by atoms with Gasteiger partial charge in [0.05, 0.1) is 19.2 Å². The smallest absolute Gasteiger partial charge is 0.278 e. The van der Waals surface area contributed by atoms with Gasteiger partial charge in [-0.1, -0.05) is 42.5 Å². The van der Waals surface area contributed by atoms with E-state index in [9.17, 15) is 14.0 Å². The molecule has 0 saturated carbocycles. The van der Waals surface area contributed by atoms with Gasteiger partial charge in [-0.25, -0.2) is 4.39 Å². The second-order valence-corrected chi connectivity index (χ2v) is 7.17. The van der Waals surface area contributed by atoms with Crippen molar-refractivity contribution in [3.63, 3.8) is 0 Å². The summed E-state index contributed by atoms with van der Waals surface area (Å²) in [4.78, 5) is 29.7. The zero-order chi connectivity index (χ0) is 22.0. The number of para-hydroxylation sites is 1. The molecule has 0 aromatic heterocycles. The van der Waals surface area contributed by atoms with Crippen molar-refractivity contribution >= 4 is 23.1 Å². The van der Waals surface area contributed by atoms with Crippen molar-refractivity contribution in [1.82, 2.24) is 4.90 Å². The number of likely N-dealkylation sites (N-methyl/N-ethyl adjacent to an activating group) is 1. The Kier molecular flexibility index (Phi) is 5.54. The summed E-state index contributed by atoms with van der Waals surface area (Å²) >= 11 is 0. The zero-order valence-corrected chi connectivity index (χ0v) is 17.2. The summed E-state index contributed by atoms with van der Waals surface area (Å²) in [6.45, 7) is 0.123. The van der Waals surface area contributed by atoms with Gasteiger partial charge in [-0.3, -0.25) is 14.5 Å². The summed E-state index contributed by atoms with van der Waals surface area (Å²) in [5, 5.41) is 0. The molecule has 0 saturated heterocycles. The largest absolute Gasteiger partial charge is 0.497 e. The normalized spacial score (nSPS) is 13.7. The van der Waals surface area contributed by atoms with Crippen LogP contribution in [0.4, 0.5) is 10.1 Å². The number of hydrogen-bond donors (Lipinski definition) is 0. The van der Waals surface area contributed by atoms with Crippen LogP contribution in [0.2, 0.25) is 0 Å². The van der Waals surface area contributed by atoms with E-state index in [1.807, 2.05) is 42.5 Å². The Hall–Kier alpha value is -3.93. The Morgan fingerprint density at radius 3 is 2.13 bits per heavy atom. The predicted molar refractivity (Wildman–Crippen MR) is 117 cm³/mol. The lowest BCUT2D eigenvalue weighted by Gasteiger charge is -2.21. The molecule has 3 aromatic rings. The fourth-order valence-electron chi connectivity index (χ4n) is 3.59. The minimum Gasteiger partial charge on any atom is -0.497 e. The highest BCUT2D eigenvalue weighted by Gasteiger charge is 2.41. The highest BCUT2D eigenvalue weighted by atomic mass is 19.1. The number of nitrogens with zero attached hydrogens (tertiary/aromatic N) is 2. The summed E-state index contributed by atoms with van der Waals surface area (Å²) < 4.78 is 18.7. The molecule has 156 valence electrons. The second kappa shape index (κ2) is 8.44. The van der Waals surface area contributed by atoms with Crippen LogP contribution in [0.25, 0.3) is 5.57 Å². The number of methoxy groups -OCH3 is 1. The summed E-state index contributed by atoms with van der Waals surface area (Å²) in [6.07, 6.45) is 0. The number of benzene rings is 3. The standard InChI is InChI=1S/C25H21FN2O3/c1-27(20-6-4-3-5-7-20)23-22(18-10-12-19(26)13-11-18)24(29)28(25(23)30)16-17-8-14-21(31-2)15-9-17/h3-15H,16H2,1-2H3. The van der Waals surface area contributed by atoms with Crippen molar-refractivity contribution in [2.45, 2.75) is 6.54 Å². The maximum absolute atomic E-state index is 13.5. The number of halogens is 1. The number of carbonyl (C=O) groups is 2. The molecule has 5 nitrogen and oxygen atoms in total. The molecule has 6 heteroatoms. The molecular weight excluding hydrogens is 395 g/mol. The quantitative estimate of drug-likeness (QED) is 0.564. The van der Waals surface area contributed by atoms with Crippen molar-refractivity contribution in [2.75, 3.05) is 19.1 Å². The first-order valence-corrected chi connectivity index (χ1v) is 9.77. The van der Waals surface area contributed by atoms with Crippen molar-refractivity contribution in [3.05, 3.63) is 102 Å². The highest BCUT2D eigenvalue weighted by molar-refractivity contribution is 6.36. The van der Waals surface area contributed by atoms with E-state index in [4.69, 9.17) is 4.74 Å². The Balaban J connectivity index is 1.75. The Labute approximate surface area is 180 Å². The van der Waals surface area contributed by atoms with E-state index in [0.29, 0.717) is 11.3 Å². The van der Waals surface area contributed by atoms with Crippen molar-refractivity contribution in [1.29, 1.82) is 0 Å². The lowest BCUT2D eigenvalue weighted by atomic mass is 10.0. The summed E-state index contributed by atoms with van der Waals surface area (Å²) in [5.41, 5.74) is 2.57. The van der Waals surface area contributed by atoms with Crippen LogP contribution in [0.1, 0.15) is 11.1 Å². The van der Waals surface area contributed by atoms with Gasteiger partial charge in [0, 0.05) is 12.7 Å². The molecule has 1 heterocycles. The lowest BCUT2D eigenvalue weighted by molar-refractivity contribution is -0.137. The Morgan fingerprint density at radius 1 is 0.871 bits per heavy atom. The third-order valence-electron chi connectivity index (χ3n) is 5.26. The van der Waals surface area contributed by atoms with Crippen molar-refractivity contribution < 1.29 is 18.7 Å². The topological polar surface area (TPSA) is 49.9 Å². The molecule has 0 bridgehead atoms. The molecule has 1 aliphatic rings. The first-order valence-electron chi connectivity index (χ1n) is 9.77. The summed E-state index contributed by atoms with van der Waals surface area (Å²) in [5.74, 6) is -0.525. The van der Waals surface area contributed by atoms with E-state index >= 15 is 0 Å². The third kappa shape index (κ3) is 3.92. The molecule has 1 aliphatic heterocycles. The molecule has 2 amide bonds. The van der Waals surface area contributed by atoms with Crippen LogP contribution in [-0.4, -0.2) is 30.9 Å². The molecule has 0 radical (unpaired) electrons. The van der Waals surface area contributed by atoms with Crippen LogP contribution in [-0.2, 0) is 16.1 Å². The van der Waals surface area contributed by atoms with E-state index in [1.54, 1.807) is 31.2 Å². The van der Waals surface area contributed by atoms with Crippen molar-refractivity contribution in [3.8, 4) is 5.75 Å². The molecule has 0 fully saturated rings. The van der Waals surface area contributed by atoms with Gasteiger partial charge in [-0.2, -0.15) is 0 Å². The van der Waals surface area contributed by atoms with Crippen LogP contribution in [0.5, 0.6) is 5.75 Å². The Bertz CT molecular complexity index is 1140. The van der Waals surface area contributed by atoms with E-state index < -0.39 is 17.6 Å². The maximum atomic E-state index is 13.5. The summed E-state index contributed by atoms with van der Waals surface area (Å²) in [6, 6.07) is 22.1. The van der Waals surface area contributed by atoms with Crippen LogP contribution in [0, 0.1) is 5.82 Å². The SMILES string of the molecule is COc1ccc(CN2C(=O)C(c3ccc(F)cc3)=C(N(C)c3ccccc3)C2=O)cc1. The minimum atomic E-state index is -0.412. The first-order chi connectivity index (χ1) is 15.0. The van der Waals surface area contributed by atoms with Crippen LogP contribution in [0.15, 0.2) is 84.6 Å². The zero-order valence-electron chi connectivity index (χ0n) is 17.2. The van der Waals surface area contributed by atoms with Crippen molar-refractivity contribution in [2.24, 2.45) is 0 Å². The van der Waals surface area contributed by atoms with Gasteiger partial charge in [0.25, 0.3) is 11.8 Å². The van der Waals surface area contributed by atoms with Crippen LogP contribution < -0.4 is 9.64 Å². The van der Waals surface area contributed by atoms with E-state index in [0.717, 1.165) is 11.3 Å². The van der Waals surface area contributed by atoms with E-state index in [1.165, 1.54) is 29.2 Å². The average molecular weight is 416 g/mol. The van der Waals surface area contributed by atoms with Gasteiger partial charge in [-0.05, 0) is 47.5 Å². The molecule has 3 aromatic carbocycles. The number of anilines is 1. The van der Waals surface area contributed by atoms with Gasteiger partial charge >= 0.3 is 0 Å². The number of amides is 2. The average Bonchev–Trinajstić information content (AvgIpc) is 3.05. The van der Waals surface area contributed by atoms with Crippen LogP contribution in [0.3, 0.4) is 0 Å². The molecule has 31 heavy (non-hydrogen) atoms. The number of imide groups is 1. The Morgan fingerprint density at radius 2 is 1.52 bits per heavy atom. The van der Waals surface area contributed by atoms with Crippen LogP contribution >= 0.6 is 0 Å². The fraction of sp³-hybridized carbons (Fsp3) is 0.120. The molecule has 0 unspecified atom stereocenters. The third-order valence-corrected chi connectivity index (χ3v) is 5.26. The van der Waals surface area contributed by atoms with E-state index in [-0.39, 0.29) is 17.8 Å². The first kappa shape index (κ1) is 20.3. The maximum Gasteiger partial charge on any atom is 0.278 e. The van der Waals surface area contributed by atoms with Gasteiger partial charge in [0.2, 0.25) is 0 Å².